The van der Waals surface area contributed by atoms with E-state index in [2.05, 4.69) is 25.9 Å². The summed E-state index contributed by atoms with van der Waals surface area (Å²) >= 11 is 0. The molecule has 0 atom stereocenters. The van der Waals surface area contributed by atoms with Crippen LogP contribution in [0.5, 0.6) is 0 Å². The largest absolute Gasteiger partial charge is 0.347 e. The van der Waals surface area contributed by atoms with Gasteiger partial charge in [0.05, 0.1) is 5.69 Å². The molecule has 2 N–H and O–H groups in total. The highest BCUT2D eigenvalue weighted by molar-refractivity contribution is 5.89. The van der Waals surface area contributed by atoms with Gasteiger partial charge in [0, 0.05) is 43.5 Å². The third kappa shape index (κ3) is 4.76. The molecule has 142 valence electrons. The van der Waals surface area contributed by atoms with Gasteiger partial charge in [-0.25, -0.2) is 4.39 Å². The van der Waals surface area contributed by atoms with E-state index in [0.717, 1.165) is 17.8 Å². The van der Waals surface area contributed by atoms with Gasteiger partial charge >= 0.3 is 11.8 Å². The second-order valence-corrected chi connectivity index (χ2v) is 5.96. The first-order valence-electron chi connectivity index (χ1n) is 8.68. The summed E-state index contributed by atoms with van der Waals surface area (Å²) in [5.41, 5.74) is 2.69. The molecular weight excluding hydrogens is 351 g/mol. The molecule has 0 aliphatic carbocycles. The zero-order valence-electron chi connectivity index (χ0n) is 15.2. The lowest BCUT2D eigenvalue weighted by atomic mass is 10.2. The molecule has 0 saturated carbocycles. The van der Waals surface area contributed by atoms with Crippen LogP contribution in [-0.4, -0.2) is 38.9 Å². The lowest BCUT2D eigenvalue weighted by Crippen LogP contribution is -2.31. The van der Waals surface area contributed by atoms with Crippen molar-refractivity contribution in [3.63, 3.8) is 0 Å². The van der Waals surface area contributed by atoms with E-state index in [-0.39, 0.29) is 17.5 Å². The first kappa shape index (κ1) is 18.7. The number of aromatic nitrogens is 4. The minimum Gasteiger partial charge on any atom is -0.347 e. The fourth-order valence-corrected chi connectivity index (χ4v) is 2.49. The third-order valence-corrected chi connectivity index (χ3v) is 4.00. The summed E-state index contributed by atoms with van der Waals surface area (Å²) < 4.78 is 19.8. The normalized spacial score (nSPS) is 10.9. The standard InChI is InChI=1S/C18H21FN6O2/c1-3-25-11-14(12(2)23-25)10-20-8-9-21-17(26)18-22-16(24-27-18)13-4-6-15(19)7-5-13/h4-7,11,20H,3,8-10H2,1-2H3,(H,21,26). The van der Waals surface area contributed by atoms with E-state index < -0.39 is 5.91 Å². The molecule has 0 saturated heterocycles. The van der Waals surface area contributed by atoms with Gasteiger partial charge in [0.1, 0.15) is 5.82 Å². The Morgan fingerprint density at radius 1 is 1.26 bits per heavy atom. The van der Waals surface area contributed by atoms with E-state index in [4.69, 9.17) is 4.52 Å². The first-order valence-corrected chi connectivity index (χ1v) is 8.68. The predicted octanol–water partition coefficient (Wildman–Crippen LogP) is 1.92. The predicted molar refractivity (Wildman–Crippen MR) is 96.4 cm³/mol. The van der Waals surface area contributed by atoms with E-state index >= 15 is 0 Å². The van der Waals surface area contributed by atoms with Crippen LogP contribution in [0.2, 0.25) is 0 Å². The molecule has 2 heterocycles. The smallest absolute Gasteiger partial charge is 0.316 e. The van der Waals surface area contributed by atoms with Gasteiger partial charge in [0.15, 0.2) is 0 Å². The molecular formula is C18H21FN6O2. The summed E-state index contributed by atoms with van der Waals surface area (Å²) in [6.45, 7) is 6.52. The summed E-state index contributed by atoms with van der Waals surface area (Å²) in [5, 5.41) is 14.1. The quantitative estimate of drug-likeness (QED) is 0.586. The molecule has 1 amide bonds. The lowest BCUT2D eigenvalue weighted by Gasteiger charge is -2.04. The number of nitrogens with zero attached hydrogens (tertiary/aromatic N) is 4. The molecule has 3 aromatic rings. The van der Waals surface area contributed by atoms with Gasteiger partial charge in [-0.05, 0) is 38.1 Å². The number of hydrogen-bond donors (Lipinski definition) is 2. The maximum atomic E-state index is 12.9. The Labute approximate surface area is 155 Å². The van der Waals surface area contributed by atoms with E-state index in [1.807, 2.05) is 24.7 Å². The molecule has 0 unspecified atom stereocenters. The second kappa shape index (κ2) is 8.54. The van der Waals surface area contributed by atoms with Crippen LogP contribution in [0.25, 0.3) is 11.4 Å². The number of rotatable bonds is 8. The number of hydrogen-bond acceptors (Lipinski definition) is 6. The van der Waals surface area contributed by atoms with Gasteiger partial charge in [-0.3, -0.25) is 9.48 Å². The fourth-order valence-electron chi connectivity index (χ4n) is 2.49. The average Bonchev–Trinajstić information content (AvgIpc) is 3.29. The number of benzene rings is 1. The van der Waals surface area contributed by atoms with Crippen molar-refractivity contribution in [3.8, 4) is 11.4 Å². The zero-order valence-corrected chi connectivity index (χ0v) is 15.2. The maximum absolute atomic E-state index is 12.9. The van der Waals surface area contributed by atoms with Crippen molar-refractivity contribution in [2.45, 2.75) is 26.9 Å². The highest BCUT2D eigenvalue weighted by Gasteiger charge is 2.15. The van der Waals surface area contributed by atoms with Crippen molar-refractivity contribution in [1.82, 2.24) is 30.6 Å². The number of aryl methyl sites for hydroxylation is 2. The van der Waals surface area contributed by atoms with Crippen molar-refractivity contribution >= 4 is 5.91 Å². The molecule has 0 bridgehead atoms. The molecule has 2 aromatic heterocycles. The summed E-state index contributed by atoms with van der Waals surface area (Å²) in [7, 11) is 0. The molecule has 0 fully saturated rings. The monoisotopic (exact) mass is 372 g/mol. The third-order valence-electron chi connectivity index (χ3n) is 4.00. The van der Waals surface area contributed by atoms with Gasteiger partial charge in [-0.1, -0.05) is 5.16 Å². The Bertz CT molecular complexity index is 903. The number of nitrogens with one attached hydrogen (secondary N) is 2. The number of carbonyl (C=O) groups is 1. The number of amides is 1. The Morgan fingerprint density at radius 2 is 2.04 bits per heavy atom. The van der Waals surface area contributed by atoms with Crippen LogP contribution in [-0.2, 0) is 13.1 Å². The molecule has 9 heteroatoms. The Hall–Kier alpha value is -3.07. The molecule has 27 heavy (non-hydrogen) atoms. The van der Waals surface area contributed by atoms with Crippen molar-refractivity contribution in [1.29, 1.82) is 0 Å². The van der Waals surface area contributed by atoms with Gasteiger partial charge in [-0.15, -0.1) is 0 Å². The van der Waals surface area contributed by atoms with Crippen molar-refractivity contribution in [2.24, 2.45) is 0 Å². The highest BCUT2D eigenvalue weighted by Crippen LogP contribution is 2.15. The summed E-state index contributed by atoms with van der Waals surface area (Å²) in [6, 6.07) is 5.63. The van der Waals surface area contributed by atoms with E-state index in [1.165, 1.54) is 24.3 Å². The molecule has 0 aliphatic rings. The van der Waals surface area contributed by atoms with E-state index in [9.17, 15) is 9.18 Å². The average molecular weight is 372 g/mol. The molecule has 8 nitrogen and oxygen atoms in total. The minimum absolute atomic E-state index is 0.130. The van der Waals surface area contributed by atoms with Crippen molar-refractivity contribution in [2.75, 3.05) is 13.1 Å². The molecule has 0 spiro atoms. The molecule has 0 aliphatic heterocycles. The number of carbonyl (C=O) groups excluding carboxylic acids is 1. The lowest BCUT2D eigenvalue weighted by molar-refractivity contribution is 0.0910. The molecule has 1 aromatic carbocycles. The van der Waals surface area contributed by atoms with Crippen LogP contribution in [0, 0.1) is 12.7 Å². The van der Waals surface area contributed by atoms with E-state index in [1.54, 1.807) is 0 Å². The second-order valence-electron chi connectivity index (χ2n) is 5.96. The topological polar surface area (TPSA) is 97.9 Å². The SMILES string of the molecule is CCn1cc(CNCCNC(=O)c2nc(-c3ccc(F)cc3)no2)c(C)n1. The van der Waals surface area contributed by atoms with Crippen LogP contribution in [0.15, 0.2) is 35.0 Å². The maximum Gasteiger partial charge on any atom is 0.316 e. The summed E-state index contributed by atoms with van der Waals surface area (Å²) in [6.07, 6.45) is 2.01. The minimum atomic E-state index is -0.451. The van der Waals surface area contributed by atoms with Crippen molar-refractivity contribution in [3.05, 3.63) is 53.4 Å². The van der Waals surface area contributed by atoms with Crippen LogP contribution >= 0.6 is 0 Å². The van der Waals surface area contributed by atoms with Gasteiger partial charge in [0.2, 0.25) is 5.82 Å². The van der Waals surface area contributed by atoms with Crippen molar-refractivity contribution < 1.29 is 13.7 Å². The van der Waals surface area contributed by atoms with Gasteiger partial charge in [-0.2, -0.15) is 10.1 Å². The Morgan fingerprint density at radius 3 is 2.74 bits per heavy atom. The Kier molecular flexibility index (Phi) is 5.92. The summed E-state index contributed by atoms with van der Waals surface area (Å²) in [5.74, 6) is -0.700. The van der Waals surface area contributed by atoms with Crippen LogP contribution in [0.1, 0.15) is 28.9 Å². The first-order chi connectivity index (χ1) is 13.1. The molecule has 0 radical (unpaired) electrons. The fraction of sp³-hybridized carbons (Fsp3) is 0.333. The van der Waals surface area contributed by atoms with E-state index in [0.29, 0.717) is 25.2 Å². The van der Waals surface area contributed by atoms with Gasteiger partial charge < -0.3 is 15.2 Å². The number of halogens is 1. The molecule has 3 rings (SSSR count). The van der Waals surface area contributed by atoms with Crippen LogP contribution in [0.3, 0.4) is 0 Å². The highest BCUT2D eigenvalue weighted by atomic mass is 19.1. The van der Waals surface area contributed by atoms with Crippen LogP contribution in [0.4, 0.5) is 4.39 Å². The zero-order chi connectivity index (χ0) is 19.2. The summed E-state index contributed by atoms with van der Waals surface area (Å²) in [4.78, 5) is 16.1. The van der Waals surface area contributed by atoms with Crippen LogP contribution < -0.4 is 10.6 Å². The Balaban J connectivity index is 1.44. The van der Waals surface area contributed by atoms with Gasteiger partial charge in [0.25, 0.3) is 0 Å².